The average molecular weight is 285 g/mol. The lowest BCUT2D eigenvalue weighted by Gasteiger charge is -2.35. The number of carbonyl (C=O) groups is 1. The normalized spacial score (nSPS) is 23.8. The van der Waals surface area contributed by atoms with Crippen LogP contribution in [0.1, 0.15) is 17.3 Å². The molecule has 0 radical (unpaired) electrons. The fourth-order valence-electron chi connectivity index (χ4n) is 2.37. The van der Waals surface area contributed by atoms with E-state index in [1.54, 1.807) is 4.90 Å². The summed E-state index contributed by atoms with van der Waals surface area (Å²) >= 11 is 0. The molecule has 1 aliphatic heterocycles. The first-order chi connectivity index (χ1) is 9.49. The van der Waals surface area contributed by atoms with Gasteiger partial charge in [-0.2, -0.15) is 0 Å². The van der Waals surface area contributed by atoms with E-state index in [1.807, 2.05) is 6.92 Å². The zero-order valence-electron chi connectivity index (χ0n) is 11.2. The van der Waals surface area contributed by atoms with E-state index in [4.69, 9.17) is 9.84 Å². The van der Waals surface area contributed by atoms with E-state index in [9.17, 15) is 13.6 Å². The summed E-state index contributed by atoms with van der Waals surface area (Å²) in [7, 11) is 0. The van der Waals surface area contributed by atoms with Gasteiger partial charge in [-0.15, -0.1) is 0 Å². The predicted octanol–water partition coefficient (Wildman–Crippen LogP) is 1.23. The monoisotopic (exact) mass is 285 g/mol. The molecular weight excluding hydrogens is 268 g/mol. The minimum atomic E-state index is -0.726. The van der Waals surface area contributed by atoms with Crippen molar-refractivity contribution in [1.82, 2.24) is 4.90 Å². The number of Topliss-reactive ketones (excluding diaryl/α,β-unsaturated/α-hetero) is 1. The van der Waals surface area contributed by atoms with Crippen molar-refractivity contribution in [1.29, 1.82) is 0 Å². The van der Waals surface area contributed by atoms with Gasteiger partial charge in [-0.05, 0) is 25.1 Å². The molecule has 0 bridgehead atoms. The number of nitrogens with zero attached hydrogens (tertiary/aromatic N) is 1. The highest BCUT2D eigenvalue weighted by Gasteiger charge is 2.27. The van der Waals surface area contributed by atoms with Gasteiger partial charge in [0.2, 0.25) is 0 Å². The molecule has 20 heavy (non-hydrogen) atoms. The molecule has 0 amide bonds. The lowest BCUT2D eigenvalue weighted by Crippen LogP contribution is -2.49. The van der Waals surface area contributed by atoms with Gasteiger partial charge in [0.25, 0.3) is 0 Å². The highest BCUT2D eigenvalue weighted by atomic mass is 19.1. The average Bonchev–Trinajstić information content (AvgIpc) is 2.40. The fraction of sp³-hybridized carbons (Fsp3) is 0.500. The third-order valence-corrected chi connectivity index (χ3v) is 3.20. The molecule has 6 heteroatoms. The smallest absolute Gasteiger partial charge is 0.179 e. The molecule has 0 saturated carbocycles. The van der Waals surface area contributed by atoms with Crippen molar-refractivity contribution >= 4 is 5.78 Å². The van der Waals surface area contributed by atoms with Crippen LogP contribution < -0.4 is 0 Å². The Morgan fingerprint density at radius 2 is 2.20 bits per heavy atom. The summed E-state index contributed by atoms with van der Waals surface area (Å²) in [5.41, 5.74) is -0.246. The van der Waals surface area contributed by atoms with E-state index in [2.05, 4.69) is 0 Å². The summed E-state index contributed by atoms with van der Waals surface area (Å²) in [4.78, 5) is 13.8. The summed E-state index contributed by atoms with van der Waals surface area (Å²) in [5, 5.41) is 9.11. The van der Waals surface area contributed by atoms with Gasteiger partial charge in [0.1, 0.15) is 11.6 Å². The quantitative estimate of drug-likeness (QED) is 0.845. The van der Waals surface area contributed by atoms with E-state index in [-0.39, 0.29) is 30.9 Å². The topological polar surface area (TPSA) is 49.8 Å². The Bertz CT molecular complexity index is 495. The second kappa shape index (κ2) is 6.39. The van der Waals surface area contributed by atoms with Crippen molar-refractivity contribution in [3.63, 3.8) is 0 Å². The molecule has 1 aliphatic rings. The van der Waals surface area contributed by atoms with E-state index in [0.29, 0.717) is 13.1 Å². The summed E-state index contributed by atoms with van der Waals surface area (Å²) in [6.07, 6.45) is -0.477. The molecule has 1 saturated heterocycles. The molecule has 1 fully saturated rings. The molecule has 1 aromatic carbocycles. The number of hydrogen-bond acceptors (Lipinski definition) is 4. The predicted molar refractivity (Wildman–Crippen MR) is 68.5 cm³/mol. The van der Waals surface area contributed by atoms with Crippen LogP contribution in [0.4, 0.5) is 8.78 Å². The first-order valence-electron chi connectivity index (χ1n) is 6.46. The van der Waals surface area contributed by atoms with Gasteiger partial charge in [-0.1, -0.05) is 0 Å². The molecule has 2 atom stereocenters. The van der Waals surface area contributed by atoms with Crippen LogP contribution in [-0.4, -0.2) is 54.2 Å². The Balaban J connectivity index is 2.05. The molecule has 0 aliphatic carbocycles. The second-order valence-electron chi connectivity index (χ2n) is 4.99. The van der Waals surface area contributed by atoms with Gasteiger partial charge in [0, 0.05) is 13.1 Å². The third-order valence-electron chi connectivity index (χ3n) is 3.20. The van der Waals surface area contributed by atoms with Crippen molar-refractivity contribution in [3.05, 3.63) is 35.4 Å². The molecule has 1 heterocycles. The van der Waals surface area contributed by atoms with Gasteiger partial charge in [0.05, 0.1) is 30.9 Å². The van der Waals surface area contributed by atoms with Gasteiger partial charge >= 0.3 is 0 Å². The number of ketones is 1. The molecule has 1 aromatic rings. The van der Waals surface area contributed by atoms with Gasteiger partial charge in [-0.25, -0.2) is 8.78 Å². The molecular formula is C14H17F2NO3. The highest BCUT2D eigenvalue weighted by molar-refractivity contribution is 5.97. The Kier molecular flexibility index (Phi) is 4.80. The Morgan fingerprint density at radius 1 is 1.45 bits per heavy atom. The van der Waals surface area contributed by atoms with Crippen LogP contribution in [-0.2, 0) is 4.74 Å². The third kappa shape index (κ3) is 3.59. The Hall–Kier alpha value is -1.37. The standard InChI is InChI=1S/C14H17F2NO3/c1-9-5-17(6-11(8-18)20-9)7-14(19)12-4-10(15)2-3-13(12)16/h2-4,9,11,18H,5-8H2,1H3. The summed E-state index contributed by atoms with van der Waals surface area (Å²) in [6.45, 7) is 2.58. The minimum absolute atomic E-state index is 0.0232. The van der Waals surface area contributed by atoms with Gasteiger partial charge < -0.3 is 9.84 Å². The number of aliphatic hydroxyl groups excluding tert-OH is 1. The zero-order valence-corrected chi connectivity index (χ0v) is 11.2. The van der Waals surface area contributed by atoms with E-state index in [0.717, 1.165) is 18.2 Å². The van der Waals surface area contributed by atoms with Crippen LogP contribution in [0.3, 0.4) is 0 Å². The minimum Gasteiger partial charge on any atom is -0.394 e. The van der Waals surface area contributed by atoms with E-state index in [1.165, 1.54) is 0 Å². The summed E-state index contributed by atoms with van der Waals surface area (Å²) < 4.78 is 32.1. The van der Waals surface area contributed by atoms with Crippen molar-refractivity contribution in [2.75, 3.05) is 26.2 Å². The van der Waals surface area contributed by atoms with Crippen molar-refractivity contribution in [2.24, 2.45) is 0 Å². The number of halogens is 2. The lowest BCUT2D eigenvalue weighted by molar-refractivity contribution is -0.0926. The first kappa shape index (κ1) is 15.0. The van der Waals surface area contributed by atoms with E-state index < -0.39 is 17.4 Å². The summed E-state index contributed by atoms with van der Waals surface area (Å²) in [6, 6.07) is 2.83. The van der Waals surface area contributed by atoms with Gasteiger partial charge in [0.15, 0.2) is 5.78 Å². The van der Waals surface area contributed by atoms with Crippen molar-refractivity contribution in [3.8, 4) is 0 Å². The second-order valence-corrected chi connectivity index (χ2v) is 4.99. The summed E-state index contributed by atoms with van der Waals surface area (Å²) in [5.74, 6) is -1.84. The van der Waals surface area contributed by atoms with Crippen molar-refractivity contribution in [2.45, 2.75) is 19.1 Å². The maximum Gasteiger partial charge on any atom is 0.179 e. The van der Waals surface area contributed by atoms with E-state index >= 15 is 0 Å². The number of carbonyl (C=O) groups excluding carboxylic acids is 1. The number of aliphatic hydroxyl groups is 1. The fourth-order valence-corrected chi connectivity index (χ4v) is 2.37. The molecule has 4 nitrogen and oxygen atoms in total. The maximum atomic E-state index is 13.5. The SMILES string of the molecule is CC1CN(CC(=O)c2cc(F)ccc2F)CC(CO)O1. The van der Waals surface area contributed by atoms with Gasteiger partial charge in [-0.3, -0.25) is 9.69 Å². The number of hydrogen-bond donors (Lipinski definition) is 1. The van der Waals surface area contributed by atoms with Crippen LogP contribution in [0.25, 0.3) is 0 Å². The molecule has 2 rings (SSSR count). The van der Waals surface area contributed by atoms with Crippen LogP contribution in [0.2, 0.25) is 0 Å². The number of benzene rings is 1. The van der Waals surface area contributed by atoms with Crippen LogP contribution in [0, 0.1) is 11.6 Å². The highest BCUT2D eigenvalue weighted by Crippen LogP contribution is 2.14. The van der Waals surface area contributed by atoms with Crippen LogP contribution in [0.5, 0.6) is 0 Å². The van der Waals surface area contributed by atoms with Crippen molar-refractivity contribution < 1.29 is 23.4 Å². The Labute approximate surface area is 116 Å². The number of ether oxygens (including phenoxy) is 1. The molecule has 2 unspecified atom stereocenters. The molecule has 1 N–H and O–H groups in total. The lowest BCUT2D eigenvalue weighted by atomic mass is 10.1. The largest absolute Gasteiger partial charge is 0.394 e. The number of rotatable bonds is 4. The van der Waals surface area contributed by atoms with Crippen LogP contribution >= 0.6 is 0 Å². The molecule has 110 valence electrons. The molecule has 0 spiro atoms. The molecule has 0 aromatic heterocycles. The first-order valence-corrected chi connectivity index (χ1v) is 6.46. The van der Waals surface area contributed by atoms with Crippen LogP contribution in [0.15, 0.2) is 18.2 Å². The zero-order chi connectivity index (χ0) is 14.7. The maximum absolute atomic E-state index is 13.5. The Morgan fingerprint density at radius 3 is 2.90 bits per heavy atom. The number of morpholine rings is 1.